The van der Waals surface area contributed by atoms with Gasteiger partial charge in [-0.3, -0.25) is 4.79 Å². The Morgan fingerprint density at radius 2 is 1.84 bits per heavy atom. The number of unbranched alkanes of at least 4 members (excludes halogenated alkanes) is 2. The number of thiol groups is 1. The van der Waals surface area contributed by atoms with E-state index in [1.165, 1.54) is 5.57 Å². The van der Waals surface area contributed by atoms with Crippen LogP contribution in [0.15, 0.2) is 29.4 Å². The highest BCUT2D eigenvalue weighted by molar-refractivity contribution is 7.72. The molecule has 0 unspecified atom stereocenters. The lowest BCUT2D eigenvalue weighted by atomic mass is 9.94. The van der Waals surface area contributed by atoms with Gasteiger partial charge in [-0.2, -0.15) is 0 Å². The standard InChI is InChI=1S/C24H37NO5S/c1-5-6-7-11-19-16-21(26)20(13-12-18(4)10-8-9-17(2)3)23(27)22(19)24(28)25-14-15-31(29)30/h9,12,16,26-27,31H,5-8,10-11,13-15H2,1-4H3,(H,25,28)/b18-12+. The molecule has 1 rings (SSSR count). The van der Waals surface area contributed by atoms with Crippen LogP contribution in [0.5, 0.6) is 11.5 Å². The van der Waals surface area contributed by atoms with Gasteiger partial charge in [0.2, 0.25) is 0 Å². The molecule has 3 N–H and O–H groups in total. The molecule has 1 aromatic rings. The van der Waals surface area contributed by atoms with E-state index < -0.39 is 16.6 Å². The summed E-state index contributed by atoms with van der Waals surface area (Å²) in [5.74, 6) is -0.947. The second-order valence-corrected chi connectivity index (χ2v) is 9.21. The average Bonchev–Trinajstić information content (AvgIpc) is 2.67. The molecule has 0 fully saturated rings. The number of aromatic hydroxyl groups is 2. The summed E-state index contributed by atoms with van der Waals surface area (Å²) in [7, 11) is -2.59. The second kappa shape index (κ2) is 13.9. The lowest BCUT2D eigenvalue weighted by Gasteiger charge is -2.16. The summed E-state index contributed by atoms with van der Waals surface area (Å²) >= 11 is 0. The summed E-state index contributed by atoms with van der Waals surface area (Å²) in [6, 6.07) is 1.56. The number of rotatable bonds is 13. The zero-order valence-corrected chi connectivity index (χ0v) is 20.1. The van der Waals surface area contributed by atoms with Crippen molar-refractivity contribution in [2.75, 3.05) is 12.3 Å². The van der Waals surface area contributed by atoms with Crippen LogP contribution in [-0.2, 0) is 23.5 Å². The molecular weight excluding hydrogens is 414 g/mol. The molecule has 0 bridgehead atoms. The lowest BCUT2D eigenvalue weighted by Crippen LogP contribution is -2.28. The largest absolute Gasteiger partial charge is 0.508 e. The maximum absolute atomic E-state index is 12.7. The minimum atomic E-state index is -2.59. The fourth-order valence-corrected chi connectivity index (χ4v) is 3.58. The molecule has 6 nitrogen and oxygen atoms in total. The van der Waals surface area contributed by atoms with Gasteiger partial charge in [-0.15, -0.1) is 0 Å². The Morgan fingerprint density at radius 1 is 1.13 bits per heavy atom. The van der Waals surface area contributed by atoms with Gasteiger partial charge in [-0.1, -0.05) is 43.1 Å². The fraction of sp³-hybridized carbons (Fsp3) is 0.542. The van der Waals surface area contributed by atoms with Crippen molar-refractivity contribution in [1.82, 2.24) is 5.32 Å². The molecular formula is C24H37NO5S. The minimum absolute atomic E-state index is 0.0229. The number of carbonyl (C=O) groups excluding carboxylic acids is 1. The molecule has 1 amide bonds. The molecule has 0 aliphatic heterocycles. The van der Waals surface area contributed by atoms with E-state index in [1.54, 1.807) is 6.07 Å². The maximum Gasteiger partial charge on any atom is 0.255 e. The molecule has 0 saturated heterocycles. The molecule has 0 aromatic heterocycles. The van der Waals surface area contributed by atoms with Crippen LogP contribution in [-0.4, -0.2) is 36.8 Å². The zero-order valence-electron chi connectivity index (χ0n) is 19.2. The van der Waals surface area contributed by atoms with E-state index in [2.05, 4.69) is 32.2 Å². The van der Waals surface area contributed by atoms with E-state index in [4.69, 9.17) is 0 Å². The number of nitrogens with one attached hydrogen (secondary N) is 1. The molecule has 0 spiro atoms. The number of benzene rings is 1. The Morgan fingerprint density at radius 3 is 2.45 bits per heavy atom. The summed E-state index contributed by atoms with van der Waals surface area (Å²) in [6.07, 6.45) is 9.57. The summed E-state index contributed by atoms with van der Waals surface area (Å²) in [5, 5.41) is 24.0. The Balaban J connectivity index is 3.16. The number of phenolic OH excluding ortho intramolecular Hbond substituents is 2. The maximum atomic E-state index is 12.7. The topological polar surface area (TPSA) is 104 Å². The van der Waals surface area contributed by atoms with Crippen LogP contribution < -0.4 is 5.32 Å². The van der Waals surface area contributed by atoms with Gasteiger partial charge >= 0.3 is 0 Å². The monoisotopic (exact) mass is 451 g/mol. The van der Waals surface area contributed by atoms with Crippen molar-refractivity contribution in [1.29, 1.82) is 0 Å². The molecule has 0 aliphatic rings. The number of hydrogen-bond acceptors (Lipinski definition) is 5. The van der Waals surface area contributed by atoms with Crippen molar-refractivity contribution in [3.63, 3.8) is 0 Å². The molecule has 7 heteroatoms. The van der Waals surface area contributed by atoms with Crippen molar-refractivity contribution in [3.8, 4) is 11.5 Å². The quantitative estimate of drug-likeness (QED) is 0.202. The normalized spacial score (nSPS) is 11.6. The molecule has 0 heterocycles. The molecule has 174 valence electrons. The molecule has 0 aliphatic carbocycles. The molecule has 0 saturated carbocycles. The molecule has 31 heavy (non-hydrogen) atoms. The summed E-state index contributed by atoms with van der Waals surface area (Å²) < 4.78 is 21.6. The van der Waals surface area contributed by atoms with E-state index in [0.29, 0.717) is 24.0 Å². The van der Waals surface area contributed by atoms with Gasteiger partial charge in [0.1, 0.15) is 22.2 Å². The number of aryl methyl sites for hydroxylation is 1. The Bertz CT molecular complexity index is 872. The first-order valence-electron chi connectivity index (χ1n) is 10.9. The highest BCUT2D eigenvalue weighted by atomic mass is 32.2. The number of hydrogen-bond donors (Lipinski definition) is 4. The van der Waals surface area contributed by atoms with Gasteiger partial charge in [0, 0.05) is 12.1 Å². The number of amides is 1. The number of phenols is 2. The van der Waals surface area contributed by atoms with Gasteiger partial charge in [0.15, 0.2) is 0 Å². The van der Waals surface area contributed by atoms with Crippen molar-refractivity contribution >= 4 is 16.6 Å². The number of carbonyl (C=O) groups is 1. The van der Waals surface area contributed by atoms with E-state index in [0.717, 1.165) is 37.7 Å². The lowest BCUT2D eigenvalue weighted by molar-refractivity contribution is 0.0952. The van der Waals surface area contributed by atoms with E-state index in [1.807, 2.05) is 13.0 Å². The van der Waals surface area contributed by atoms with E-state index in [9.17, 15) is 23.4 Å². The van der Waals surface area contributed by atoms with Crippen LogP contribution in [0, 0.1) is 0 Å². The Kier molecular flexibility index (Phi) is 12.0. The van der Waals surface area contributed by atoms with Crippen molar-refractivity contribution in [2.24, 2.45) is 0 Å². The summed E-state index contributed by atoms with van der Waals surface area (Å²) in [4.78, 5) is 12.7. The van der Waals surface area contributed by atoms with Crippen LogP contribution >= 0.6 is 0 Å². The first-order valence-corrected chi connectivity index (χ1v) is 12.3. The fourth-order valence-electron chi connectivity index (χ4n) is 3.28. The van der Waals surface area contributed by atoms with Crippen LogP contribution in [0.1, 0.15) is 81.3 Å². The van der Waals surface area contributed by atoms with E-state index >= 15 is 0 Å². The van der Waals surface area contributed by atoms with Gasteiger partial charge in [-0.05, 0) is 64.5 Å². The molecule has 0 atom stereocenters. The van der Waals surface area contributed by atoms with Crippen LogP contribution in [0.3, 0.4) is 0 Å². The van der Waals surface area contributed by atoms with Crippen LogP contribution in [0.2, 0.25) is 0 Å². The third-order valence-electron chi connectivity index (χ3n) is 5.07. The highest BCUT2D eigenvalue weighted by Gasteiger charge is 2.22. The van der Waals surface area contributed by atoms with Gasteiger partial charge < -0.3 is 15.5 Å². The predicted octanol–water partition coefficient (Wildman–Crippen LogP) is 4.41. The first kappa shape index (κ1) is 26.8. The smallest absolute Gasteiger partial charge is 0.255 e. The van der Waals surface area contributed by atoms with E-state index in [-0.39, 0.29) is 29.4 Å². The van der Waals surface area contributed by atoms with Crippen LogP contribution in [0.25, 0.3) is 0 Å². The van der Waals surface area contributed by atoms with Crippen molar-refractivity contribution in [3.05, 3.63) is 46.1 Å². The number of allylic oxidation sites excluding steroid dienone is 4. The molecule has 0 radical (unpaired) electrons. The molecule has 1 aromatic carbocycles. The second-order valence-electron chi connectivity index (χ2n) is 8.10. The highest BCUT2D eigenvalue weighted by Crippen LogP contribution is 2.35. The summed E-state index contributed by atoms with van der Waals surface area (Å²) in [5.41, 5.74) is 3.40. The van der Waals surface area contributed by atoms with Gasteiger partial charge in [0.05, 0.1) is 11.3 Å². The van der Waals surface area contributed by atoms with Crippen LogP contribution in [0.4, 0.5) is 0 Å². The Labute approximate surface area is 188 Å². The first-order chi connectivity index (χ1) is 14.7. The summed E-state index contributed by atoms with van der Waals surface area (Å²) in [6.45, 7) is 8.16. The Hall–Kier alpha value is -2.28. The third-order valence-corrected chi connectivity index (χ3v) is 5.66. The third kappa shape index (κ3) is 9.59. The zero-order chi connectivity index (χ0) is 23.4. The SMILES string of the molecule is CCCCCc1cc(O)c(C/C=C(\C)CCC=C(C)C)c(O)c1C(=O)NCC[SH](=O)=O. The van der Waals surface area contributed by atoms with Gasteiger partial charge in [0.25, 0.3) is 5.91 Å². The average molecular weight is 452 g/mol. The van der Waals surface area contributed by atoms with Crippen molar-refractivity contribution in [2.45, 2.75) is 72.6 Å². The van der Waals surface area contributed by atoms with Gasteiger partial charge in [-0.25, -0.2) is 8.42 Å². The van der Waals surface area contributed by atoms with Crippen molar-refractivity contribution < 1.29 is 23.4 Å². The minimum Gasteiger partial charge on any atom is -0.508 e. The predicted molar refractivity (Wildman–Crippen MR) is 127 cm³/mol.